The molecule has 0 saturated heterocycles. The molecule has 0 amide bonds. The molecular formula is C28H24N3O3+. The summed E-state index contributed by atoms with van der Waals surface area (Å²) in [5, 5.41) is 0. The highest BCUT2D eigenvalue weighted by molar-refractivity contribution is 5.67. The largest absolute Gasteiger partial charge is 0.497 e. The molecule has 34 heavy (non-hydrogen) atoms. The number of hydrogen-bond acceptors (Lipinski definition) is 4. The average Bonchev–Trinajstić information content (AvgIpc) is 2.91. The summed E-state index contributed by atoms with van der Waals surface area (Å²) in [7, 11) is 3.25. The van der Waals surface area contributed by atoms with Crippen LogP contribution >= 0.6 is 0 Å². The second-order valence-electron chi connectivity index (χ2n) is 7.85. The highest BCUT2D eigenvalue weighted by atomic mass is 16.5. The summed E-state index contributed by atoms with van der Waals surface area (Å²) in [6, 6.07) is 27.1. The van der Waals surface area contributed by atoms with Crippen LogP contribution < -0.4 is 19.6 Å². The SMILES string of the molecule is COc1cccc(-c2ccc(C[n+]3c(OC)c(-c4ccccc4)c(=O)n4ccccc43)cn2)c1. The minimum Gasteiger partial charge on any atom is -0.497 e. The summed E-state index contributed by atoms with van der Waals surface area (Å²) in [6.07, 6.45) is 3.64. The van der Waals surface area contributed by atoms with Gasteiger partial charge < -0.3 is 9.47 Å². The minimum absolute atomic E-state index is 0.124. The third-order valence-electron chi connectivity index (χ3n) is 5.79. The first-order valence-corrected chi connectivity index (χ1v) is 11.0. The Balaban J connectivity index is 1.61. The van der Waals surface area contributed by atoms with E-state index in [-0.39, 0.29) is 5.56 Å². The number of nitrogens with zero attached hydrogens (tertiary/aromatic N) is 3. The van der Waals surface area contributed by atoms with Gasteiger partial charge in [0.2, 0.25) is 0 Å². The summed E-state index contributed by atoms with van der Waals surface area (Å²) in [5.41, 5.74) is 4.77. The maximum Gasteiger partial charge on any atom is 0.354 e. The Labute approximate surface area is 197 Å². The molecule has 168 valence electrons. The number of aromatic nitrogens is 3. The number of rotatable bonds is 6. The van der Waals surface area contributed by atoms with Crippen LogP contribution in [0.25, 0.3) is 28.0 Å². The first-order valence-electron chi connectivity index (χ1n) is 11.0. The summed E-state index contributed by atoms with van der Waals surface area (Å²) < 4.78 is 14.8. The van der Waals surface area contributed by atoms with Crippen LogP contribution in [-0.4, -0.2) is 23.6 Å². The molecule has 0 N–H and O–H groups in total. The van der Waals surface area contributed by atoms with Gasteiger partial charge in [0, 0.05) is 23.4 Å². The van der Waals surface area contributed by atoms with E-state index in [1.54, 1.807) is 24.8 Å². The van der Waals surface area contributed by atoms with Crippen molar-refractivity contribution in [1.29, 1.82) is 0 Å². The van der Waals surface area contributed by atoms with Crippen molar-refractivity contribution in [3.63, 3.8) is 0 Å². The van der Waals surface area contributed by atoms with E-state index in [2.05, 4.69) is 4.98 Å². The highest BCUT2D eigenvalue weighted by Gasteiger charge is 2.26. The van der Waals surface area contributed by atoms with Crippen LogP contribution in [0, 0.1) is 0 Å². The third-order valence-corrected chi connectivity index (χ3v) is 5.79. The van der Waals surface area contributed by atoms with Crippen LogP contribution in [0.5, 0.6) is 11.6 Å². The number of fused-ring (bicyclic) bond motifs is 1. The van der Waals surface area contributed by atoms with E-state index in [1.165, 1.54) is 0 Å². The topological polar surface area (TPSA) is 56.7 Å². The zero-order valence-electron chi connectivity index (χ0n) is 19.0. The Morgan fingerprint density at radius 2 is 1.65 bits per heavy atom. The Morgan fingerprint density at radius 3 is 2.38 bits per heavy atom. The maximum absolute atomic E-state index is 13.4. The third kappa shape index (κ3) is 3.90. The van der Waals surface area contributed by atoms with Crippen molar-refractivity contribution in [3.05, 3.63) is 113 Å². The quantitative estimate of drug-likeness (QED) is 0.360. The normalized spacial score (nSPS) is 10.9. The lowest BCUT2D eigenvalue weighted by atomic mass is 10.1. The molecular weight excluding hydrogens is 426 g/mol. The van der Waals surface area contributed by atoms with Gasteiger partial charge in [-0.15, -0.1) is 0 Å². The standard InChI is InChI=1S/C28H24N3O3/c1-33-23-12-8-11-22(17-23)24-15-14-20(18-29-24)19-31-25-13-6-7-16-30(25)27(32)26(28(31)34-2)21-9-4-3-5-10-21/h3-18H,19H2,1-2H3/q+1. The van der Waals surface area contributed by atoms with Crippen LogP contribution in [0.2, 0.25) is 0 Å². The van der Waals surface area contributed by atoms with Crippen molar-refractivity contribution >= 4 is 5.65 Å². The Morgan fingerprint density at radius 1 is 0.853 bits per heavy atom. The van der Waals surface area contributed by atoms with Gasteiger partial charge in [-0.25, -0.2) is 4.79 Å². The monoisotopic (exact) mass is 450 g/mol. The lowest BCUT2D eigenvalue weighted by Crippen LogP contribution is -2.42. The van der Waals surface area contributed by atoms with Gasteiger partial charge in [0.25, 0.3) is 5.65 Å². The number of pyridine rings is 2. The van der Waals surface area contributed by atoms with Crippen LogP contribution in [0.4, 0.5) is 0 Å². The van der Waals surface area contributed by atoms with E-state index in [0.717, 1.165) is 33.8 Å². The first kappa shape index (κ1) is 21.4. The van der Waals surface area contributed by atoms with Crippen LogP contribution in [0.1, 0.15) is 5.56 Å². The number of hydrogen-bond donors (Lipinski definition) is 0. The number of ether oxygens (including phenoxy) is 2. The molecule has 2 aromatic carbocycles. The minimum atomic E-state index is -0.124. The fourth-order valence-electron chi connectivity index (χ4n) is 4.15. The molecule has 3 aromatic heterocycles. The van der Waals surface area contributed by atoms with Gasteiger partial charge in [-0.2, -0.15) is 8.97 Å². The molecule has 0 radical (unpaired) electrons. The van der Waals surface area contributed by atoms with Gasteiger partial charge in [-0.3, -0.25) is 4.98 Å². The second-order valence-corrected chi connectivity index (χ2v) is 7.85. The van der Waals surface area contributed by atoms with Gasteiger partial charge in [-0.05, 0) is 29.8 Å². The Hall–Kier alpha value is -4.45. The number of benzene rings is 2. The number of methoxy groups -OCH3 is 2. The molecule has 3 heterocycles. The van der Waals surface area contributed by atoms with Crippen LogP contribution in [0.3, 0.4) is 0 Å². The molecule has 0 aliphatic heterocycles. The summed E-state index contributed by atoms with van der Waals surface area (Å²) >= 11 is 0. The second kappa shape index (κ2) is 9.19. The molecule has 0 unspecified atom stereocenters. The fourth-order valence-corrected chi connectivity index (χ4v) is 4.15. The molecule has 6 heteroatoms. The summed E-state index contributed by atoms with van der Waals surface area (Å²) in [5.74, 6) is 1.30. The van der Waals surface area contributed by atoms with Gasteiger partial charge in [-0.1, -0.05) is 54.6 Å². The molecule has 0 bridgehead atoms. The average molecular weight is 451 g/mol. The molecule has 0 fully saturated rings. The first-order chi connectivity index (χ1) is 16.7. The van der Waals surface area contributed by atoms with Crippen molar-refractivity contribution in [1.82, 2.24) is 9.38 Å². The van der Waals surface area contributed by atoms with Gasteiger partial charge in [0.05, 0.1) is 26.1 Å². The highest BCUT2D eigenvalue weighted by Crippen LogP contribution is 2.25. The molecule has 5 rings (SSSR count). The Kier molecular flexibility index (Phi) is 5.79. The molecule has 0 atom stereocenters. The van der Waals surface area contributed by atoms with Crippen molar-refractivity contribution in [2.45, 2.75) is 6.54 Å². The van der Waals surface area contributed by atoms with E-state index in [0.29, 0.717) is 18.0 Å². The van der Waals surface area contributed by atoms with Gasteiger partial charge in [0.1, 0.15) is 12.3 Å². The van der Waals surface area contributed by atoms with Crippen LogP contribution in [0.15, 0.2) is 102 Å². The van der Waals surface area contributed by atoms with Crippen molar-refractivity contribution in [3.8, 4) is 34.0 Å². The van der Waals surface area contributed by atoms with E-state index in [4.69, 9.17) is 9.47 Å². The lowest BCUT2D eigenvalue weighted by Gasteiger charge is -2.13. The van der Waals surface area contributed by atoms with Crippen molar-refractivity contribution in [2.24, 2.45) is 0 Å². The summed E-state index contributed by atoms with van der Waals surface area (Å²) in [6.45, 7) is 0.488. The van der Waals surface area contributed by atoms with Gasteiger partial charge >= 0.3 is 11.4 Å². The lowest BCUT2D eigenvalue weighted by molar-refractivity contribution is -0.670. The Bertz CT molecular complexity index is 1510. The van der Waals surface area contributed by atoms with E-state index in [1.807, 2.05) is 95.7 Å². The molecule has 5 aromatic rings. The van der Waals surface area contributed by atoms with E-state index < -0.39 is 0 Å². The van der Waals surface area contributed by atoms with Crippen molar-refractivity contribution in [2.75, 3.05) is 14.2 Å². The van der Waals surface area contributed by atoms with E-state index in [9.17, 15) is 4.79 Å². The smallest absolute Gasteiger partial charge is 0.354 e. The molecule has 0 spiro atoms. The zero-order chi connectivity index (χ0) is 23.5. The van der Waals surface area contributed by atoms with E-state index >= 15 is 0 Å². The molecule has 0 aliphatic carbocycles. The van der Waals surface area contributed by atoms with Crippen molar-refractivity contribution < 1.29 is 14.0 Å². The molecule has 0 saturated carbocycles. The van der Waals surface area contributed by atoms with Gasteiger partial charge in [0.15, 0.2) is 5.56 Å². The zero-order valence-corrected chi connectivity index (χ0v) is 19.0. The molecule has 0 aliphatic rings. The summed E-state index contributed by atoms with van der Waals surface area (Å²) in [4.78, 5) is 18.1. The fraction of sp³-hybridized carbons (Fsp3) is 0.107. The molecule has 6 nitrogen and oxygen atoms in total. The maximum atomic E-state index is 13.4. The van der Waals surface area contributed by atoms with Crippen LogP contribution in [-0.2, 0) is 6.54 Å². The predicted molar refractivity (Wildman–Crippen MR) is 131 cm³/mol. The predicted octanol–water partition coefficient (Wildman–Crippen LogP) is 4.38.